The Morgan fingerprint density at radius 1 is 0.944 bits per heavy atom. The summed E-state index contributed by atoms with van der Waals surface area (Å²) in [6, 6.07) is 15.9. The Hall–Kier alpha value is -3.02. The van der Waals surface area contributed by atoms with E-state index < -0.39 is 11.8 Å². The molecular formula is C25H24Br2N4O4S. The number of hydrazine groups is 1. The van der Waals surface area contributed by atoms with Gasteiger partial charge in [-0.3, -0.25) is 30.6 Å². The van der Waals surface area contributed by atoms with E-state index in [0.717, 1.165) is 19.7 Å². The van der Waals surface area contributed by atoms with Crippen LogP contribution >= 0.6 is 44.1 Å². The number of carbonyl (C=O) groups is 3. The number of carbonyl (C=O) groups excluding carboxylic acids is 3. The largest absolute Gasteiger partial charge is 0.483 e. The molecule has 188 valence electrons. The van der Waals surface area contributed by atoms with E-state index in [1.54, 1.807) is 30.3 Å². The third kappa shape index (κ3) is 8.00. The first-order valence-corrected chi connectivity index (χ1v) is 12.9. The van der Waals surface area contributed by atoms with Crippen molar-refractivity contribution >= 4 is 83.4 Å². The number of hydrogen-bond acceptors (Lipinski definition) is 5. The van der Waals surface area contributed by atoms with Crippen molar-refractivity contribution in [2.45, 2.75) is 20.3 Å². The van der Waals surface area contributed by atoms with Crippen molar-refractivity contribution in [1.29, 1.82) is 0 Å². The van der Waals surface area contributed by atoms with Crippen LogP contribution in [0.4, 0.5) is 5.69 Å². The first-order chi connectivity index (χ1) is 17.1. The van der Waals surface area contributed by atoms with Gasteiger partial charge < -0.3 is 10.1 Å². The van der Waals surface area contributed by atoms with Crippen molar-refractivity contribution in [3.05, 3.63) is 69.1 Å². The maximum Gasteiger partial charge on any atom is 0.269 e. The number of anilines is 1. The van der Waals surface area contributed by atoms with Crippen molar-refractivity contribution in [2.24, 2.45) is 5.92 Å². The fourth-order valence-electron chi connectivity index (χ4n) is 3.16. The zero-order valence-corrected chi connectivity index (χ0v) is 23.5. The van der Waals surface area contributed by atoms with E-state index in [0.29, 0.717) is 23.4 Å². The topological polar surface area (TPSA) is 109 Å². The second kappa shape index (κ2) is 12.8. The first kappa shape index (κ1) is 27.6. The number of benzene rings is 3. The second-order valence-corrected chi connectivity index (χ2v) is 10.3. The average Bonchev–Trinajstić information content (AvgIpc) is 2.82. The molecule has 3 amide bonds. The van der Waals surface area contributed by atoms with Crippen LogP contribution in [0.5, 0.6) is 5.75 Å². The molecule has 0 spiro atoms. The van der Waals surface area contributed by atoms with Gasteiger partial charge in [0.25, 0.3) is 11.8 Å². The number of rotatable bonds is 7. The molecule has 0 radical (unpaired) electrons. The summed E-state index contributed by atoms with van der Waals surface area (Å²) >= 11 is 12.0. The van der Waals surface area contributed by atoms with Gasteiger partial charge in [0.1, 0.15) is 5.75 Å². The minimum absolute atomic E-state index is 0.0862. The van der Waals surface area contributed by atoms with E-state index in [1.807, 2.05) is 38.1 Å². The summed E-state index contributed by atoms with van der Waals surface area (Å²) in [7, 11) is 0. The van der Waals surface area contributed by atoms with Gasteiger partial charge in [-0.2, -0.15) is 0 Å². The molecule has 0 heterocycles. The SMILES string of the molecule is CC(C)CC(=O)Nc1ccc(C(=O)NNC(=S)NC(=O)COc2ccc3cc(Br)ccc3c2Br)cc1. The molecule has 0 aliphatic heterocycles. The fraction of sp³-hybridized carbons (Fsp3) is 0.200. The molecule has 36 heavy (non-hydrogen) atoms. The Morgan fingerprint density at radius 3 is 2.36 bits per heavy atom. The van der Waals surface area contributed by atoms with Crippen molar-refractivity contribution < 1.29 is 19.1 Å². The van der Waals surface area contributed by atoms with Crippen molar-refractivity contribution in [3.8, 4) is 5.75 Å². The second-order valence-electron chi connectivity index (χ2n) is 8.21. The normalized spacial score (nSPS) is 10.6. The van der Waals surface area contributed by atoms with Crippen LogP contribution < -0.4 is 26.2 Å². The molecule has 3 aromatic rings. The lowest BCUT2D eigenvalue weighted by molar-refractivity contribution is -0.121. The van der Waals surface area contributed by atoms with E-state index in [9.17, 15) is 14.4 Å². The number of ether oxygens (including phenoxy) is 1. The van der Waals surface area contributed by atoms with E-state index in [4.69, 9.17) is 17.0 Å². The van der Waals surface area contributed by atoms with E-state index in [1.165, 1.54) is 0 Å². The van der Waals surface area contributed by atoms with Gasteiger partial charge >= 0.3 is 0 Å². The molecule has 0 aliphatic rings. The minimum Gasteiger partial charge on any atom is -0.483 e. The Kier molecular flexibility index (Phi) is 9.80. The maximum absolute atomic E-state index is 12.3. The van der Waals surface area contributed by atoms with Crippen LogP contribution in [0.15, 0.2) is 63.5 Å². The highest BCUT2D eigenvalue weighted by molar-refractivity contribution is 9.11. The molecule has 0 unspecified atom stereocenters. The molecule has 0 saturated heterocycles. The molecule has 11 heteroatoms. The fourth-order valence-corrected chi connectivity index (χ4v) is 4.32. The molecule has 0 bridgehead atoms. The molecule has 0 atom stereocenters. The number of halogens is 2. The summed E-state index contributed by atoms with van der Waals surface area (Å²) in [6.07, 6.45) is 0.415. The molecule has 0 aromatic heterocycles. The average molecular weight is 636 g/mol. The molecule has 3 aromatic carbocycles. The van der Waals surface area contributed by atoms with Crippen LogP contribution in [0.3, 0.4) is 0 Å². The monoisotopic (exact) mass is 634 g/mol. The number of fused-ring (bicyclic) bond motifs is 1. The summed E-state index contributed by atoms with van der Waals surface area (Å²) in [6.45, 7) is 3.65. The molecular weight excluding hydrogens is 612 g/mol. The number of amides is 3. The summed E-state index contributed by atoms with van der Waals surface area (Å²) in [5, 5.41) is 7.09. The Balaban J connectivity index is 1.44. The third-order valence-electron chi connectivity index (χ3n) is 4.81. The van der Waals surface area contributed by atoms with E-state index >= 15 is 0 Å². The zero-order valence-electron chi connectivity index (χ0n) is 19.5. The van der Waals surface area contributed by atoms with Gasteiger partial charge in [0, 0.05) is 22.1 Å². The zero-order chi connectivity index (χ0) is 26.2. The first-order valence-electron chi connectivity index (χ1n) is 10.9. The highest BCUT2D eigenvalue weighted by Gasteiger charge is 2.12. The quantitative estimate of drug-likeness (QED) is 0.213. The van der Waals surface area contributed by atoms with Gasteiger partial charge in [-0.25, -0.2) is 0 Å². The van der Waals surface area contributed by atoms with Crippen LogP contribution in [-0.4, -0.2) is 29.4 Å². The van der Waals surface area contributed by atoms with E-state index in [2.05, 4.69) is 53.3 Å². The lowest BCUT2D eigenvalue weighted by atomic mass is 10.1. The Bertz CT molecular complexity index is 1300. The van der Waals surface area contributed by atoms with Gasteiger partial charge in [-0.15, -0.1) is 0 Å². The third-order valence-corrected chi connectivity index (χ3v) is 6.32. The molecule has 4 N–H and O–H groups in total. The summed E-state index contributed by atoms with van der Waals surface area (Å²) < 4.78 is 7.32. The van der Waals surface area contributed by atoms with Gasteiger partial charge in [0.2, 0.25) is 5.91 Å². The predicted octanol–water partition coefficient (Wildman–Crippen LogP) is 5.06. The molecule has 0 saturated carbocycles. The molecule has 8 nitrogen and oxygen atoms in total. The van der Waals surface area contributed by atoms with Gasteiger partial charge in [0.05, 0.1) is 4.47 Å². The summed E-state index contributed by atoms with van der Waals surface area (Å²) in [5.74, 6) is -0.285. The van der Waals surface area contributed by atoms with Gasteiger partial charge in [-0.05, 0) is 87.3 Å². The molecule has 0 fully saturated rings. The van der Waals surface area contributed by atoms with Crippen molar-refractivity contribution in [2.75, 3.05) is 11.9 Å². The van der Waals surface area contributed by atoms with Crippen molar-refractivity contribution in [3.63, 3.8) is 0 Å². The number of hydrogen-bond donors (Lipinski definition) is 4. The Morgan fingerprint density at radius 2 is 1.67 bits per heavy atom. The minimum atomic E-state index is -0.494. The lowest BCUT2D eigenvalue weighted by Crippen LogP contribution is -2.49. The summed E-state index contributed by atoms with van der Waals surface area (Å²) in [5.41, 5.74) is 5.83. The Labute approximate surface area is 230 Å². The lowest BCUT2D eigenvalue weighted by Gasteiger charge is -2.13. The maximum atomic E-state index is 12.3. The molecule has 0 aliphatic carbocycles. The standard InChI is InChI=1S/C25H24Br2N4O4S/c1-14(2)11-21(32)28-18-7-3-15(4-8-18)24(34)30-31-25(36)29-22(33)13-35-20-10-5-16-12-17(26)6-9-19(16)23(20)27/h3-10,12,14H,11,13H2,1-2H3,(H,28,32)(H,30,34)(H2,29,31,33,36). The highest BCUT2D eigenvalue weighted by Crippen LogP contribution is 2.34. The van der Waals surface area contributed by atoms with Crippen LogP contribution in [0, 0.1) is 5.92 Å². The van der Waals surface area contributed by atoms with Crippen LogP contribution in [0.2, 0.25) is 0 Å². The van der Waals surface area contributed by atoms with Crippen LogP contribution in [0.1, 0.15) is 30.6 Å². The highest BCUT2D eigenvalue weighted by atomic mass is 79.9. The smallest absolute Gasteiger partial charge is 0.269 e. The molecule has 3 rings (SSSR count). The van der Waals surface area contributed by atoms with Gasteiger partial charge in [0.15, 0.2) is 11.7 Å². The van der Waals surface area contributed by atoms with E-state index in [-0.39, 0.29) is 23.5 Å². The number of thiocarbonyl (C=S) groups is 1. The van der Waals surface area contributed by atoms with Crippen LogP contribution in [0.25, 0.3) is 10.8 Å². The van der Waals surface area contributed by atoms with Crippen LogP contribution in [-0.2, 0) is 9.59 Å². The van der Waals surface area contributed by atoms with Gasteiger partial charge in [-0.1, -0.05) is 41.9 Å². The van der Waals surface area contributed by atoms with Crippen molar-refractivity contribution in [1.82, 2.24) is 16.2 Å². The summed E-state index contributed by atoms with van der Waals surface area (Å²) in [4.78, 5) is 36.4. The number of nitrogens with one attached hydrogen (secondary N) is 4. The predicted molar refractivity (Wildman–Crippen MR) is 151 cm³/mol.